The van der Waals surface area contributed by atoms with Gasteiger partial charge in [0.15, 0.2) is 6.61 Å². The number of halogens is 3. The van der Waals surface area contributed by atoms with Gasteiger partial charge in [-0.1, -0.05) is 41.4 Å². The second-order valence-corrected chi connectivity index (χ2v) is 6.48. The first-order chi connectivity index (χ1) is 11.9. The molecule has 0 bridgehead atoms. The highest BCUT2D eigenvalue weighted by molar-refractivity contribution is 6.32. The number of nitrogens with zero attached hydrogens (tertiary/aromatic N) is 1. The molecule has 0 saturated carbocycles. The summed E-state index contributed by atoms with van der Waals surface area (Å²) in [6.45, 7) is 0.157. The van der Waals surface area contributed by atoms with Crippen LogP contribution < -0.4 is 10.1 Å². The van der Waals surface area contributed by atoms with Gasteiger partial charge in [0.05, 0.1) is 11.1 Å². The fourth-order valence-electron chi connectivity index (χ4n) is 2.31. The lowest BCUT2D eigenvalue weighted by Gasteiger charge is -2.26. The van der Waals surface area contributed by atoms with Crippen LogP contribution in [0.5, 0.6) is 5.75 Å². The zero-order valence-electron chi connectivity index (χ0n) is 13.9. The molecule has 1 amide bonds. The van der Waals surface area contributed by atoms with Crippen molar-refractivity contribution in [2.75, 3.05) is 27.2 Å². The van der Waals surface area contributed by atoms with Crippen molar-refractivity contribution in [1.29, 1.82) is 0 Å². The van der Waals surface area contributed by atoms with Crippen molar-refractivity contribution in [2.24, 2.45) is 0 Å². The van der Waals surface area contributed by atoms with E-state index in [4.69, 9.17) is 27.9 Å². The van der Waals surface area contributed by atoms with Gasteiger partial charge in [-0.05, 0) is 43.9 Å². The van der Waals surface area contributed by atoms with Crippen molar-refractivity contribution in [3.63, 3.8) is 0 Å². The van der Waals surface area contributed by atoms with Gasteiger partial charge in [0.2, 0.25) is 0 Å². The molecule has 7 heteroatoms. The average Bonchev–Trinajstić information content (AvgIpc) is 2.55. The van der Waals surface area contributed by atoms with Crippen LogP contribution in [0.1, 0.15) is 11.6 Å². The summed E-state index contributed by atoms with van der Waals surface area (Å²) < 4.78 is 18.3. The third-order valence-electron chi connectivity index (χ3n) is 3.63. The lowest BCUT2D eigenvalue weighted by Crippen LogP contribution is -2.37. The lowest BCUT2D eigenvalue weighted by molar-refractivity contribution is -0.123. The molecule has 2 rings (SSSR count). The Kier molecular flexibility index (Phi) is 7.05. The third kappa shape index (κ3) is 5.59. The molecule has 0 saturated heterocycles. The highest BCUT2D eigenvalue weighted by atomic mass is 35.5. The van der Waals surface area contributed by atoms with Crippen LogP contribution in [0, 0.1) is 5.82 Å². The summed E-state index contributed by atoms with van der Waals surface area (Å²) in [6.07, 6.45) is 0. The van der Waals surface area contributed by atoms with Crippen molar-refractivity contribution in [1.82, 2.24) is 10.2 Å². The second kappa shape index (κ2) is 9.04. The summed E-state index contributed by atoms with van der Waals surface area (Å²) in [5.41, 5.74) is 0.928. The topological polar surface area (TPSA) is 41.6 Å². The number of carbonyl (C=O) groups is 1. The van der Waals surface area contributed by atoms with Gasteiger partial charge in [0.1, 0.15) is 11.6 Å². The Bertz CT molecular complexity index is 741. The van der Waals surface area contributed by atoms with Crippen LogP contribution in [0.25, 0.3) is 0 Å². The molecule has 0 fully saturated rings. The Hall–Kier alpha value is -1.82. The van der Waals surface area contributed by atoms with Crippen LogP contribution in [-0.4, -0.2) is 38.1 Å². The maximum absolute atomic E-state index is 13.0. The van der Waals surface area contributed by atoms with Gasteiger partial charge in [0, 0.05) is 11.6 Å². The standard InChI is InChI=1S/C18H19Cl2FN2O2/c1-23(2)16(13-5-3-4-6-14(13)19)10-22-18(24)11-25-17-8-7-12(21)9-15(17)20/h3-9,16H,10-11H2,1-2H3,(H,22,24). The number of hydrogen-bond acceptors (Lipinski definition) is 3. The smallest absolute Gasteiger partial charge is 0.258 e. The summed E-state index contributed by atoms with van der Waals surface area (Å²) in [6, 6.07) is 11.2. The van der Waals surface area contributed by atoms with E-state index in [1.165, 1.54) is 12.1 Å². The number of amides is 1. The summed E-state index contributed by atoms with van der Waals surface area (Å²) in [7, 11) is 3.82. The van der Waals surface area contributed by atoms with Crippen molar-refractivity contribution >= 4 is 29.1 Å². The molecule has 1 N–H and O–H groups in total. The molecule has 25 heavy (non-hydrogen) atoms. The van der Waals surface area contributed by atoms with E-state index in [1.54, 1.807) is 0 Å². The molecule has 2 aromatic carbocycles. The molecule has 0 aliphatic rings. The molecule has 0 spiro atoms. The first-order valence-corrected chi connectivity index (χ1v) is 8.39. The number of hydrogen-bond donors (Lipinski definition) is 1. The third-order valence-corrected chi connectivity index (χ3v) is 4.27. The number of ether oxygens (including phenoxy) is 1. The molecular formula is C18H19Cl2FN2O2. The average molecular weight is 385 g/mol. The largest absolute Gasteiger partial charge is 0.482 e. The zero-order valence-corrected chi connectivity index (χ0v) is 15.4. The van der Waals surface area contributed by atoms with Gasteiger partial charge in [-0.25, -0.2) is 4.39 Å². The van der Waals surface area contributed by atoms with E-state index >= 15 is 0 Å². The predicted octanol–water partition coefficient (Wildman–Crippen LogP) is 3.93. The molecule has 1 unspecified atom stereocenters. The molecule has 134 valence electrons. The van der Waals surface area contributed by atoms with E-state index in [0.717, 1.165) is 11.6 Å². The normalized spacial score (nSPS) is 12.1. The fraction of sp³-hybridized carbons (Fsp3) is 0.278. The number of likely N-dealkylation sites (N-methyl/N-ethyl adjacent to an activating group) is 1. The maximum atomic E-state index is 13.0. The Labute approximate surface area is 156 Å². The summed E-state index contributed by atoms with van der Waals surface area (Å²) in [4.78, 5) is 14.0. The Morgan fingerprint density at radius 3 is 2.56 bits per heavy atom. The van der Waals surface area contributed by atoms with Crippen molar-refractivity contribution < 1.29 is 13.9 Å². The quantitative estimate of drug-likeness (QED) is 0.785. The minimum Gasteiger partial charge on any atom is -0.482 e. The van der Waals surface area contributed by atoms with Crippen LogP contribution in [0.4, 0.5) is 4.39 Å². The summed E-state index contributed by atoms with van der Waals surface area (Å²) in [5.74, 6) is -0.511. The predicted molar refractivity (Wildman–Crippen MR) is 97.8 cm³/mol. The van der Waals surface area contributed by atoms with Crippen LogP contribution >= 0.6 is 23.2 Å². The highest BCUT2D eigenvalue weighted by Crippen LogP contribution is 2.26. The van der Waals surface area contributed by atoms with Crippen LogP contribution in [0.3, 0.4) is 0 Å². The molecule has 2 aromatic rings. The molecule has 0 radical (unpaired) electrons. The van der Waals surface area contributed by atoms with Gasteiger partial charge in [-0.15, -0.1) is 0 Å². The lowest BCUT2D eigenvalue weighted by atomic mass is 10.1. The van der Waals surface area contributed by atoms with Gasteiger partial charge in [-0.2, -0.15) is 0 Å². The number of rotatable bonds is 7. The number of benzene rings is 2. The zero-order chi connectivity index (χ0) is 18.4. The second-order valence-electron chi connectivity index (χ2n) is 5.67. The van der Waals surface area contributed by atoms with Crippen LogP contribution in [0.15, 0.2) is 42.5 Å². The Morgan fingerprint density at radius 1 is 1.20 bits per heavy atom. The van der Waals surface area contributed by atoms with Gasteiger partial charge < -0.3 is 15.0 Å². The number of nitrogens with one attached hydrogen (secondary N) is 1. The Balaban J connectivity index is 1.92. The van der Waals surface area contributed by atoms with E-state index in [1.807, 2.05) is 43.3 Å². The van der Waals surface area contributed by atoms with E-state index in [-0.39, 0.29) is 29.3 Å². The van der Waals surface area contributed by atoms with Gasteiger partial charge >= 0.3 is 0 Å². The van der Waals surface area contributed by atoms with Crippen molar-refractivity contribution in [3.8, 4) is 5.75 Å². The maximum Gasteiger partial charge on any atom is 0.258 e. The Morgan fingerprint density at radius 2 is 1.92 bits per heavy atom. The van der Waals surface area contributed by atoms with E-state index < -0.39 is 5.82 Å². The molecule has 0 aromatic heterocycles. The van der Waals surface area contributed by atoms with Crippen LogP contribution in [0.2, 0.25) is 10.0 Å². The molecule has 4 nitrogen and oxygen atoms in total. The molecule has 0 aliphatic carbocycles. The molecule has 0 aliphatic heterocycles. The first kappa shape index (κ1) is 19.5. The summed E-state index contributed by atoms with van der Waals surface area (Å²) in [5, 5.41) is 3.57. The monoisotopic (exact) mass is 384 g/mol. The van der Waals surface area contributed by atoms with Crippen LogP contribution in [-0.2, 0) is 4.79 Å². The minimum absolute atomic E-state index is 0.0768. The SMILES string of the molecule is CN(C)C(CNC(=O)COc1ccc(F)cc1Cl)c1ccccc1Cl. The summed E-state index contributed by atoms with van der Waals surface area (Å²) >= 11 is 12.1. The minimum atomic E-state index is -0.463. The van der Waals surface area contributed by atoms with E-state index in [9.17, 15) is 9.18 Å². The van der Waals surface area contributed by atoms with E-state index in [2.05, 4.69) is 5.32 Å². The van der Waals surface area contributed by atoms with E-state index in [0.29, 0.717) is 11.6 Å². The van der Waals surface area contributed by atoms with Gasteiger partial charge in [0.25, 0.3) is 5.91 Å². The molecular weight excluding hydrogens is 366 g/mol. The molecule has 1 atom stereocenters. The fourth-order valence-corrected chi connectivity index (χ4v) is 2.80. The van der Waals surface area contributed by atoms with Crippen molar-refractivity contribution in [2.45, 2.75) is 6.04 Å². The highest BCUT2D eigenvalue weighted by Gasteiger charge is 2.18. The molecule has 0 heterocycles. The number of carbonyl (C=O) groups excluding carboxylic acids is 1. The van der Waals surface area contributed by atoms with Gasteiger partial charge in [-0.3, -0.25) is 4.79 Å². The first-order valence-electron chi connectivity index (χ1n) is 7.64. The van der Waals surface area contributed by atoms with Crippen molar-refractivity contribution in [3.05, 3.63) is 63.9 Å².